The highest BCUT2D eigenvalue weighted by Gasteiger charge is 2.49. The average molecular weight is 444 g/mol. The SMILES string of the molecule is Cc1cc([C@@H]2CN(c3nc4nc(C)cnc4c([C@H]4C[C@@H](C(F)(F)F)C4)n3)CCO2)ccn1. The molecule has 1 saturated carbocycles. The summed E-state index contributed by atoms with van der Waals surface area (Å²) in [5.41, 5.74) is 4.08. The van der Waals surface area contributed by atoms with Crippen LogP contribution >= 0.6 is 0 Å². The number of rotatable bonds is 3. The van der Waals surface area contributed by atoms with Crippen molar-refractivity contribution in [3.63, 3.8) is 0 Å². The van der Waals surface area contributed by atoms with E-state index in [1.165, 1.54) is 0 Å². The van der Waals surface area contributed by atoms with Gasteiger partial charge < -0.3 is 9.64 Å². The second-order valence-corrected chi connectivity index (χ2v) is 8.54. The molecule has 1 saturated heterocycles. The number of halogens is 3. The molecular formula is C22H23F3N6O. The molecule has 4 heterocycles. The maximum atomic E-state index is 13.1. The lowest BCUT2D eigenvalue weighted by Gasteiger charge is -2.37. The predicted molar refractivity (Wildman–Crippen MR) is 111 cm³/mol. The molecule has 1 aliphatic heterocycles. The Hall–Kier alpha value is -2.88. The summed E-state index contributed by atoms with van der Waals surface area (Å²) in [5, 5.41) is 0. The average Bonchev–Trinajstić information content (AvgIpc) is 2.71. The van der Waals surface area contributed by atoms with E-state index in [0.29, 0.717) is 48.2 Å². The van der Waals surface area contributed by atoms with Crippen LogP contribution in [-0.2, 0) is 4.74 Å². The quantitative estimate of drug-likeness (QED) is 0.603. The van der Waals surface area contributed by atoms with Crippen LogP contribution in [-0.4, -0.2) is 50.8 Å². The van der Waals surface area contributed by atoms with Crippen molar-refractivity contribution in [1.29, 1.82) is 0 Å². The van der Waals surface area contributed by atoms with Gasteiger partial charge in [0.05, 0.1) is 30.5 Å². The Bertz CT molecular complexity index is 1150. The van der Waals surface area contributed by atoms with Crippen molar-refractivity contribution in [2.24, 2.45) is 5.92 Å². The van der Waals surface area contributed by atoms with Crippen LogP contribution in [0.1, 0.15) is 47.5 Å². The molecule has 0 N–H and O–H groups in total. The van der Waals surface area contributed by atoms with Crippen molar-refractivity contribution in [2.75, 3.05) is 24.6 Å². The summed E-state index contributed by atoms with van der Waals surface area (Å²) < 4.78 is 45.2. The third-order valence-electron chi connectivity index (χ3n) is 6.17. The topological polar surface area (TPSA) is 76.9 Å². The molecule has 1 atom stereocenters. The zero-order valence-corrected chi connectivity index (χ0v) is 17.8. The van der Waals surface area contributed by atoms with Crippen molar-refractivity contribution in [3.8, 4) is 0 Å². The molecule has 0 radical (unpaired) electrons. The summed E-state index contributed by atoms with van der Waals surface area (Å²) in [7, 11) is 0. The van der Waals surface area contributed by atoms with Crippen molar-refractivity contribution in [3.05, 3.63) is 47.2 Å². The molecule has 1 aliphatic carbocycles. The summed E-state index contributed by atoms with van der Waals surface area (Å²) in [6.07, 6.45) is -0.950. The van der Waals surface area contributed by atoms with Crippen LogP contribution in [0, 0.1) is 19.8 Å². The Labute approximate surface area is 183 Å². The summed E-state index contributed by atoms with van der Waals surface area (Å²) in [5.74, 6) is -1.13. The third kappa shape index (κ3) is 3.99. The summed E-state index contributed by atoms with van der Waals surface area (Å²) >= 11 is 0. The molecule has 3 aromatic rings. The van der Waals surface area contributed by atoms with Gasteiger partial charge in [-0.05, 0) is 44.4 Å². The first-order valence-corrected chi connectivity index (χ1v) is 10.6. The van der Waals surface area contributed by atoms with Gasteiger partial charge in [0.15, 0.2) is 5.65 Å². The standard InChI is InChI=1S/C22H23F3N6O/c1-12-7-14(3-4-26-12)17-11-31(5-6-32-17)21-29-18(15-8-16(9-15)22(23,24)25)19-20(30-21)28-13(2)10-27-19/h3-4,7,10,15-17H,5-6,8-9,11H2,1-2H3/t15-,16+,17-/m0/s1. The number of hydrogen-bond donors (Lipinski definition) is 0. The normalized spacial score (nSPS) is 23.9. The first-order valence-electron chi connectivity index (χ1n) is 10.6. The molecule has 2 fully saturated rings. The van der Waals surface area contributed by atoms with E-state index in [1.54, 1.807) is 12.4 Å². The molecule has 0 unspecified atom stereocenters. The minimum Gasteiger partial charge on any atom is -0.370 e. The number of hydrogen-bond acceptors (Lipinski definition) is 7. The summed E-state index contributed by atoms with van der Waals surface area (Å²) in [4.78, 5) is 24.5. The minimum atomic E-state index is -4.18. The second kappa shape index (κ2) is 7.91. The van der Waals surface area contributed by atoms with E-state index in [4.69, 9.17) is 9.72 Å². The minimum absolute atomic E-state index is 0.0205. The number of nitrogens with zero attached hydrogens (tertiary/aromatic N) is 6. The van der Waals surface area contributed by atoms with E-state index in [2.05, 4.69) is 19.9 Å². The van der Waals surface area contributed by atoms with Crippen LogP contribution in [0.5, 0.6) is 0 Å². The fourth-order valence-electron chi connectivity index (χ4n) is 4.34. The molecule has 0 aromatic carbocycles. The fraction of sp³-hybridized carbons (Fsp3) is 0.500. The fourth-order valence-corrected chi connectivity index (χ4v) is 4.34. The van der Waals surface area contributed by atoms with E-state index in [9.17, 15) is 13.2 Å². The van der Waals surface area contributed by atoms with Crippen molar-refractivity contribution < 1.29 is 17.9 Å². The number of morpholine rings is 1. The Morgan fingerprint density at radius 1 is 1.06 bits per heavy atom. The maximum Gasteiger partial charge on any atom is 0.391 e. The maximum absolute atomic E-state index is 13.1. The van der Waals surface area contributed by atoms with Crippen LogP contribution in [0.25, 0.3) is 11.2 Å². The zero-order chi connectivity index (χ0) is 22.5. The lowest BCUT2D eigenvalue weighted by molar-refractivity contribution is -0.197. The van der Waals surface area contributed by atoms with E-state index < -0.39 is 12.1 Å². The number of alkyl halides is 3. The number of anilines is 1. The lowest BCUT2D eigenvalue weighted by atomic mass is 9.72. The second-order valence-electron chi connectivity index (χ2n) is 8.54. The molecule has 0 spiro atoms. The Kier molecular flexibility index (Phi) is 5.19. The zero-order valence-electron chi connectivity index (χ0n) is 17.8. The van der Waals surface area contributed by atoms with Gasteiger partial charge in [0, 0.05) is 30.6 Å². The summed E-state index contributed by atoms with van der Waals surface area (Å²) in [6.45, 7) is 5.34. The Morgan fingerprint density at radius 2 is 1.88 bits per heavy atom. The van der Waals surface area contributed by atoms with Crippen LogP contribution in [0.3, 0.4) is 0 Å². The molecule has 2 aliphatic rings. The molecule has 7 nitrogen and oxygen atoms in total. The number of pyridine rings is 1. The van der Waals surface area contributed by atoms with Crippen molar-refractivity contribution in [2.45, 2.75) is 44.9 Å². The first-order chi connectivity index (χ1) is 15.3. The van der Waals surface area contributed by atoms with Crippen LogP contribution in [0.4, 0.5) is 19.1 Å². The number of aromatic nitrogens is 5. The van der Waals surface area contributed by atoms with Gasteiger partial charge >= 0.3 is 6.18 Å². The molecule has 168 valence electrons. The van der Waals surface area contributed by atoms with Gasteiger partial charge in [-0.25, -0.2) is 15.0 Å². The van der Waals surface area contributed by atoms with Crippen LogP contribution in [0.15, 0.2) is 24.5 Å². The Balaban J connectivity index is 1.47. The molecule has 5 rings (SSSR count). The molecule has 3 aromatic heterocycles. The predicted octanol–water partition coefficient (Wildman–Crippen LogP) is 4.07. The van der Waals surface area contributed by atoms with Crippen molar-refractivity contribution >= 4 is 17.1 Å². The highest BCUT2D eigenvalue weighted by atomic mass is 19.4. The van der Waals surface area contributed by atoms with Gasteiger partial charge in [0.25, 0.3) is 0 Å². The van der Waals surface area contributed by atoms with Gasteiger partial charge in [-0.1, -0.05) is 0 Å². The molecular weight excluding hydrogens is 421 g/mol. The summed E-state index contributed by atoms with van der Waals surface area (Å²) in [6, 6.07) is 3.91. The van der Waals surface area contributed by atoms with Crippen LogP contribution in [0.2, 0.25) is 0 Å². The van der Waals surface area contributed by atoms with E-state index in [0.717, 1.165) is 11.3 Å². The van der Waals surface area contributed by atoms with Crippen molar-refractivity contribution in [1.82, 2.24) is 24.9 Å². The lowest BCUT2D eigenvalue weighted by Crippen LogP contribution is -2.40. The van der Waals surface area contributed by atoms with Gasteiger partial charge in [-0.3, -0.25) is 4.98 Å². The largest absolute Gasteiger partial charge is 0.391 e. The number of aryl methyl sites for hydroxylation is 2. The van der Waals surface area contributed by atoms with Gasteiger partial charge in [0.2, 0.25) is 5.95 Å². The number of ether oxygens (including phenoxy) is 1. The van der Waals surface area contributed by atoms with E-state index >= 15 is 0 Å². The van der Waals surface area contributed by atoms with Gasteiger partial charge in [0.1, 0.15) is 11.6 Å². The molecule has 0 bridgehead atoms. The number of fused-ring (bicyclic) bond motifs is 1. The molecule has 0 amide bonds. The van der Waals surface area contributed by atoms with Crippen LogP contribution < -0.4 is 4.90 Å². The van der Waals surface area contributed by atoms with Gasteiger partial charge in [-0.15, -0.1) is 0 Å². The molecule has 32 heavy (non-hydrogen) atoms. The van der Waals surface area contributed by atoms with E-state index in [-0.39, 0.29) is 24.9 Å². The smallest absolute Gasteiger partial charge is 0.370 e. The van der Waals surface area contributed by atoms with Gasteiger partial charge in [-0.2, -0.15) is 18.2 Å². The third-order valence-corrected chi connectivity index (χ3v) is 6.17. The molecule has 10 heteroatoms. The monoisotopic (exact) mass is 444 g/mol. The highest BCUT2D eigenvalue weighted by Crippen LogP contribution is 2.50. The Morgan fingerprint density at radius 3 is 2.62 bits per heavy atom. The highest BCUT2D eigenvalue weighted by molar-refractivity contribution is 5.74. The first kappa shape index (κ1) is 21.0. The van der Waals surface area contributed by atoms with E-state index in [1.807, 2.05) is 30.9 Å².